The Morgan fingerprint density at radius 3 is 2.09 bits per heavy atom. The number of aldehydes is 1. The monoisotopic (exact) mass is 778 g/mol. The Morgan fingerprint density at radius 1 is 0.745 bits per heavy atom. The fourth-order valence-electron chi connectivity index (χ4n) is 13.1. The minimum absolute atomic E-state index is 0.0342. The van der Waals surface area contributed by atoms with Gasteiger partial charge in [0.15, 0.2) is 18.7 Å². The van der Waals surface area contributed by atoms with E-state index in [-0.39, 0.29) is 40.6 Å². The predicted octanol–water partition coefficient (Wildman–Crippen LogP) is 2.79. The minimum Gasteiger partial charge on any atom is -0.481 e. The maximum absolute atomic E-state index is 13.8. The van der Waals surface area contributed by atoms with Crippen LogP contribution in [0.5, 0.6) is 0 Å². The molecule has 0 aromatic heterocycles. The predicted molar refractivity (Wildman–Crippen MR) is 193 cm³/mol. The van der Waals surface area contributed by atoms with Crippen molar-refractivity contribution >= 4 is 18.2 Å². The molecule has 55 heavy (non-hydrogen) atoms. The summed E-state index contributed by atoms with van der Waals surface area (Å²) in [5.41, 5.74) is -1.32. The summed E-state index contributed by atoms with van der Waals surface area (Å²) in [4.78, 5) is 38.4. The SMILES string of the molecule is CC1(C)C2CC[C@]3(C)C(CC[C@@H]4C5=C[C@@](C)(C(=O)O)CC[C@]5(C)CC[C@]43C)[C@@]2(C=O)CC[C@@H]1O[C@@H]1O[C@H](C(=O)O)[C@@H](O)[C@H](O)[C@H]1O[C@@H]1OC[C@@H](O)[C@H](O)[C@H]1O. The standard InChI is InChI=1S/C41H62O14/c1-36(2)23-9-11-40(6)24(8-7-20-21-17-38(4,35(50)51)14-13-37(21,3)15-16-39(20,40)5)41(23,19-42)12-10-25(36)53-34-31(28(46)27(45)30(54-34)32(48)49)55-33-29(47)26(44)22(43)18-52-33/h17,19-20,22-31,33-34,43-47H,7-16,18H2,1-6H3,(H,48,49)(H,50,51)/t20-,22-,23?,24?,25+,26+,27+,28+,29-,30+,31-,33+,34-,37-,38+,39-,40-,41-/m1/s1. The lowest BCUT2D eigenvalue weighted by molar-refractivity contribution is -0.365. The number of hydrogen-bond acceptors (Lipinski definition) is 12. The first-order valence-corrected chi connectivity index (χ1v) is 20.2. The van der Waals surface area contributed by atoms with E-state index in [1.165, 1.54) is 11.9 Å². The van der Waals surface area contributed by atoms with Crippen molar-refractivity contribution in [2.24, 2.45) is 50.2 Å². The normalized spacial score (nSPS) is 53.4. The summed E-state index contributed by atoms with van der Waals surface area (Å²) >= 11 is 0. The number of carboxylic acids is 2. The molecule has 14 nitrogen and oxygen atoms in total. The zero-order valence-electron chi connectivity index (χ0n) is 32.9. The first-order chi connectivity index (χ1) is 25.6. The Bertz CT molecular complexity index is 1570. The molecule has 0 radical (unpaired) electrons. The third kappa shape index (κ3) is 6.01. The van der Waals surface area contributed by atoms with Crippen LogP contribution in [0.1, 0.15) is 106 Å². The molecule has 2 heterocycles. The molecule has 2 unspecified atom stereocenters. The Hall–Kier alpha value is -2.01. The van der Waals surface area contributed by atoms with Crippen LogP contribution in [0.25, 0.3) is 0 Å². The zero-order chi connectivity index (χ0) is 40.3. The Labute approximate surface area is 322 Å². The van der Waals surface area contributed by atoms with Crippen molar-refractivity contribution in [2.45, 2.75) is 167 Å². The number of aliphatic carboxylic acids is 2. The highest BCUT2D eigenvalue weighted by Gasteiger charge is 2.71. The van der Waals surface area contributed by atoms with E-state index in [4.69, 9.17) is 18.9 Å². The highest BCUT2D eigenvalue weighted by Crippen LogP contribution is 2.76. The molecule has 18 atom stereocenters. The molecule has 0 aromatic rings. The summed E-state index contributed by atoms with van der Waals surface area (Å²) in [5, 5.41) is 72.8. The number of rotatable bonds is 7. The van der Waals surface area contributed by atoms with E-state index in [1.807, 2.05) is 20.8 Å². The summed E-state index contributed by atoms with van der Waals surface area (Å²) in [6.07, 6.45) is -4.66. The van der Waals surface area contributed by atoms with Gasteiger partial charge in [0, 0.05) is 5.41 Å². The van der Waals surface area contributed by atoms with E-state index in [1.54, 1.807) is 0 Å². The number of carboxylic acid groups (broad SMARTS) is 2. The van der Waals surface area contributed by atoms with Crippen molar-refractivity contribution in [3.8, 4) is 0 Å². The van der Waals surface area contributed by atoms with Gasteiger partial charge in [-0.15, -0.1) is 0 Å². The summed E-state index contributed by atoms with van der Waals surface area (Å²) in [6, 6.07) is 0. The third-order valence-corrected chi connectivity index (χ3v) is 16.9. The third-order valence-electron chi connectivity index (χ3n) is 16.9. The van der Waals surface area contributed by atoms with Crippen LogP contribution < -0.4 is 0 Å². The van der Waals surface area contributed by atoms with Gasteiger partial charge in [-0.3, -0.25) is 4.79 Å². The van der Waals surface area contributed by atoms with Crippen LogP contribution in [0.3, 0.4) is 0 Å². The van der Waals surface area contributed by atoms with Crippen LogP contribution in [0.2, 0.25) is 0 Å². The van der Waals surface area contributed by atoms with Gasteiger partial charge in [-0.25, -0.2) is 4.79 Å². The van der Waals surface area contributed by atoms with Gasteiger partial charge in [0.05, 0.1) is 18.1 Å². The van der Waals surface area contributed by atoms with Gasteiger partial charge in [-0.2, -0.15) is 0 Å². The molecule has 6 fully saturated rings. The van der Waals surface area contributed by atoms with Gasteiger partial charge in [-0.1, -0.05) is 46.3 Å². The van der Waals surface area contributed by atoms with Crippen LogP contribution in [0.15, 0.2) is 11.6 Å². The lowest BCUT2D eigenvalue weighted by Gasteiger charge is -2.72. The highest BCUT2D eigenvalue weighted by atomic mass is 16.8. The molecule has 310 valence electrons. The van der Waals surface area contributed by atoms with Crippen molar-refractivity contribution in [1.29, 1.82) is 0 Å². The molecular formula is C41H62O14. The molecule has 7 aliphatic rings. The molecule has 7 rings (SSSR count). The Morgan fingerprint density at radius 2 is 1.44 bits per heavy atom. The molecular weight excluding hydrogens is 716 g/mol. The molecule has 5 aliphatic carbocycles. The van der Waals surface area contributed by atoms with Gasteiger partial charge >= 0.3 is 11.9 Å². The minimum atomic E-state index is -1.92. The van der Waals surface area contributed by atoms with Crippen molar-refractivity contribution in [3.63, 3.8) is 0 Å². The Balaban J connectivity index is 1.16. The Kier molecular flexibility index (Phi) is 10.3. The zero-order valence-corrected chi connectivity index (χ0v) is 32.9. The van der Waals surface area contributed by atoms with Crippen LogP contribution in [0.4, 0.5) is 0 Å². The number of carbonyl (C=O) groups is 3. The summed E-state index contributed by atoms with van der Waals surface area (Å²) in [7, 11) is 0. The number of hydrogen-bond donors (Lipinski definition) is 7. The van der Waals surface area contributed by atoms with E-state index in [0.717, 1.165) is 44.9 Å². The molecule has 2 saturated heterocycles. The summed E-state index contributed by atoms with van der Waals surface area (Å²) in [5.74, 6) is -2.14. The molecule has 14 heteroatoms. The molecule has 0 spiro atoms. The first-order valence-electron chi connectivity index (χ1n) is 20.2. The topological polar surface area (TPSA) is 230 Å². The van der Waals surface area contributed by atoms with Crippen LogP contribution in [0, 0.1) is 50.2 Å². The quantitative estimate of drug-likeness (QED) is 0.112. The number of aliphatic hydroxyl groups is 5. The average molecular weight is 779 g/mol. The van der Waals surface area contributed by atoms with Crippen molar-refractivity contribution in [1.82, 2.24) is 0 Å². The summed E-state index contributed by atoms with van der Waals surface area (Å²) < 4.78 is 23.7. The fourth-order valence-corrected chi connectivity index (χ4v) is 13.1. The van der Waals surface area contributed by atoms with Gasteiger partial charge in [0.1, 0.15) is 42.9 Å². The maximum atomic E-state index is 13.8. The van der Waals surface area contributed by atoms with E-state index in [9.17, 15) is 50.1 Å². The number of aliphatic hydroxyl groups excluding tert-OH is 5. The van der Waals surface area contributed by atoms with Gasteiger partial charge in [-0.05, 0) is 111 Å². The van der Waals surface area contributed by atoms with Crippen molar-refractivity contribution < 1.29 is 69.1 Å². The largest absolute Gasteiger partial charge is 0.481 e. The molecule has 7 N–H and O–H groups in total. The lowest BCUT2D eigenvalue weighted by Crippen LogP contribution is -2.68. The highest BCUT2D eigenvalue weighted by molar-refractivity contribution is 5.77. The maximum Gasteiger partial charge on any atom is 0.335 e. The smallest absolute Gasteiger partial charge is 0.335 e. The second-order valence-corrected chi connectivity index (χ2v) is 19.8. The molecule has 0 bridgehead atoms. The molecule has 0 aromatic carbocycles. The molecule has 2 aliphatic heterocycles. The van der Waals surface area contributed by atoms with Gasteiger partial charge in [0.2, 0.25) is 0 Å². The molecule has 0 amide bonds. The molecule has 4 saturated carbocycles. The van der Waals surface area contributed by atoms with Crippen LogP contribution in [-0.2, 0) is 33.3 Å². The second kappa shape index (κ2) is 13.8. The average Bonchev–Trinajstić information content (AvgIpc) is 3.12. The number of ether oxygens (including phenoxy) is 4. The van der Waals surface area contributed by atoms with Gasteiger partial charge < -0.3 is 59.5 Å². The number of carbonyl (C=O) groups excluding carboxylic acids is 1. The lowest BCUT2D eigenvalue weighted by atomic mass is 9.32. The van der Waals surface area contributed by atoms with Crippen LogP contribution in [-0.4, -0.2) is 122 Å². The first kappa shape index (κ1) is 41.2. The van der Waals surface area contributed by atoms with E-state index >= 15 is 0 Å². The van der Waals surface area contributed by atoms with Gasteiger partial charge in [0.25, 0.3) is 0 Å². The van der Waals surface area contributed by atoms with E-state index in [0.29, 0.717) is 19.3 Å². The number of allylic oxidation sites excluding steroid dienone is 1. The second-order valence-electron chi connectivity index (χ2n) is 19.8. The van der Waals surface area contributed by atoms with E-state index in [2.05, 4.69) is 26.8 Å². The van der Waals surface area contributed by atoms with E-state index < -0.39 is 89.6 Å². The number of fused-ring (bicyclic) bond motifs is 7. The summed E-state index contributed by atoms with van der Waals surface area (Å²) in [6.45, 7) is 12.6. The van der Waals surface area contributed by atoms with Crippen LogP contribution >= 0.6 is 0 Å². The fraction of sp³-hybridized carbons (Fsp3) is 0.878. The van der Waals surface area contributed by atoms with Crippen molar-refractivity contribution in [3.05, 3.63) is 11.6 Å². The van der Waals surface area contributed by atoms with Crippen molar-refractivity contribution in [2.75, 3.05) is 6.61 Å².